The molecule has 0 bridgehead atoms. The first-order valence-corrected chi connectivity index (χ1v) is 19.0. The van der Waals surface area contributed by atoms with Crippen LogP contribution in [0.25, 0.3) is 0 Å². The minimum Gasteiger partial charge on any atom is -0.346 e. The number of carbonyl (C=O) groups excluding carboxylic acids is 6. The molecule has 1 saturated carbocycles. The molecule has 0 radical (unpaired) electrons. The zero-order valence-electron chi connectivity index (χ0n) is 31.8. The van der Waals surface area contributed by atoms with E-state index in [0.717, 1.165) is 24.0 Å². The van der Waals surface area contributed by atoms with E-state index in [2.05, 4.69) is 41.7 Å². The van der Waals surface area contributed by atoms with E-state index in [1.807, 2.05) is 56.9 Å². The number of Topliss-reactive ketones (excluding diaryl/α,β-unsaturated/α-hetero) is 1. The summed E-state index contributed by atoms with van der Waals surface area (Å²) in [6.45, 7) is 17.2. The van der Waals surface area contributed by atoms with E-state index in [1.165, 1.54) is 6.08 Å². The zero-order valence-corrected chi connectivity index (χ0v) is 31.8. The van der Waals surface area contributed by atoms with Gasteiger partial charge >= 0.3 is 6.03 Å². The van der Waals surface area contributed by atoms with E-state index in [-0.39, 0.29) is 59.4 Å². The van der Waals surface area contributed by atoms with Gasteiger partial charge in [-0.25, -0.2) is 4.79 Å². The number of fused-ring (bicyclic) bond motifs is 2. The molecule has 12 nitrogen and oxygen atoms in total. The van der Waals surface area contributed by atoms with E-state index in [1.54, 1.807) is 4.90 Å². The van der Waals surface area contributed by atoms with Crippen LogP contribution < -0.4 is 21.3 Å². The summed E-state index contributed by atoms with van der Waals surface area (Å²) in [5.74, 6) is -2.56. The quantitative estimate of drug-likeness (QED) is 0.171. The van der Waals surface area contributed by atoms with Crippen LogP contribution in [0, 0.1) is 28.6 Å². The average Bonchev–Trinajstić information content (AvgIpc) is 3.45. The fourth-order valence-corrected chi connectivity index (χ4v) is 8.58. The van der Waals surface area contributed by atoms with Crippen molar-refractivity contribution >= 4 is 35.4 Å². The number of ketones is 1. The van der Waals surface area contributed by atoms with Gasteiger partial charge in [-0.2, -0.15) is 0 Å². The Bertz CT molecular complexity index is 1540. The van der Waals surface area contributed by atoms with Gasteiger partial charge in [-0.05, 0) is 71.8 Å². The Morgan fingerprint density at radius 1 is 1.02 bits per heavy atom. The summed E-state index contributed by atoms with van der Waals surface area (Å²) < 4.78 is 0. The number of hydrogen-bond donors (Lipinski definition) is 4. The van der Waals surface area contributed by atoms with Gasteiger partial charge in [-0.3, -0.25) is 24.0 Å². The Hall–Kier alpha value is -4.22. The van der Waals surface area contributed by atoms with Crippen molar-refractivity contribution in [1.82, 2.24) is 31.1 Å². The molecule has 2 heterocycles. The maximum absolute atomic E-state index is 14.8. The summed E-state index contributed by atoms with van der Waals surface area (Å²) in [5, 5.41) is 11.5. The highest BCUT2D eigenvalue weighted by Gasteiger charge is 2.69. The Morgan fingerprint density at radius 2 is 1.69 bits per heavy atom. The minimum atomic E-state index is -1.04. The number of benzene rings is 1. The number of amides is 6. The monoisotopic (exact) mass is 718 g/mol. The van der Waals surface area contributed by atoms with Crippen molar-refractivity contribution < 1.29 is 28.8 Å². The number of likely N-dealkylation sites (tertiary alicyclic amines) is 2. The maximum atomic E-state index is 14.8. The van der Waals surface area contributed by atoms with Gasteiger partial charge < -0.3 is 31.1 Å². The fraction of sp³-hybridized carbons (Fsp3) is 0.650. The molecule has 1 aromatic rings. The third kappa shape index (κ3) is 8.36. The highest BCUT2D eigenvalue weighted by molar-refractivity contribution is 6.38. The predicted octanol–water partition coefficient (Wildman–Crippen LogP) is 3.14. The molecule has 5 rings (SSSR count). The highest BCUT2D eigenvalue weighted by Crippen LogP contribution is 2.65. The first-order chi connectivity index (χ1) is 24.6. The second kappa shape index (κ2) is 15.8. The summed E-state index contributed by atoms with van der Waals surface area (Å²) in [7, 11) is 0. The molecule has 0 aromatic heterocycles. The van der Waals surface area contributed by atoms with E-state index in [4.69, 9.17) is 0 Å². The Balaban J connectivity index is 1.38. The number of urea groups is 1. The SMILES string of the molecule is C=CCNC(=O)C(=O)C(CCC)NC(=O)[C@@H]1[C@@H]2[C@H](CN1C(=O)[C@@H](NC(=O)N[C@@H](CN1CCCCC1=O)C(C)(C)C)C1Cc3ccccc3C1)C2(C)C. The molecule has 1 aromatic carbocycles. The zero-order chi connectivity index (χ0) is 38.0. The van der Waals surface area contributed by atoms with Crippen LogP contribution >= 0.6 is 0 Å². The molecule has 1 unspecified atom stereocenters. The van der Waals surface area contributed by atoms with Crippen LogP contribution in [0.5, 0.6) is 0 Å². The second-order valence-corrected chi connectivity index (χ2v) is 16.8. The molecule has 4 aliphatic rings. The van der Waals surface area contributed by atoms with E-state index in [9.17, 15) is 28.8 Å². The van der Waals surface area contributed by atoms with Crippen LogP contribution in [0.15, 0.2) is 36.9 Å². The van der Waals surface area contributed by atoms with Gasteiger partial charge in [-0.1, -0.05) is 78.3 Å². The lowest BCUT2D eigenvalue weighted by Crippen LogP contribution is -2.62. The Morgan fingerprint density at radius 3 is 2.29 bits per heavy atom. The van der Waals surface area contributed by atoms with E-state index in [0.29, 0.717) is 45.3 Å². The van der Waals surface area contributed by atoms with Crippen molar-refractivity contribution in [3.8, 4) is 0 Å². The summed E-state index contributed by atoms with van der Waals surface area (Å²) in [4.78, 5) is 84.8. The average molecular weight is 719 g/mol. The van der Waals surface area contributed by atoms with Crippen LogP contribution in [0.2, 0.25) is 0 Å². The molecule has 284 valence electrons. The van der Waals surface area contributed by atoms with Crippen molar-refractivity contribution in [1.29, 1.82) is 0 Å². The smallest absolute Gasteiger partial charge is 0.315 e. The molecular formula is C40H58N6O6. The van der Waals surface area contributed by atoms with Crippen molar-refractivity contribution in [2.24, 2.45) is 28.6 Å². The lowest BCUT2D eigenvalue weighted by molar-refractivity contribution is -0.144. The largest absolute Gasteiger partial charge is 0.346 e. The van der Waals surface area contributed by atoms with Crippen LogP contribution in [-0.4, -0.2) is 95.6 Å². The van der Waals surface area contributed by atoms with Crippen molar-refractivity contribution in [3.05, 3.63) is 48.0 Å². The predicted molar refractivity (Wildman–Crippen MR) is 198 cm³/mol. The number of rotatable bonds is 14. The van der Waals surface area contributed by atoms with Crippen LogP contribution in [0.1, 0.15) is 84.8 Å². The van der Waals surface area contributed by atoms with Crippen LogP contribution in [0.4, 0.5) is 4.79 Å². The molecule has 2 saturated heterocycles. The van der Waals surface area contributed by atoms with Gasteiger partial charge in [-0.15, -0.1) is 6.58 Å². The number of piperidine rings is 2. The first-order valence-electron chi connectivity index (χ1n) is 19.0. The van der Waals surface area contributed by atoms with Crippen molar-refractivity contribution in [3.63, 3.8) is 0 Å². The summed E-state index contributed by atoms with van der Waals surface area (Å²) >= 11 is 0. The molecule has 0 spiro atoms. The van der Waals surface area contributed by atoms with E-state index >= 15 is 0 Å². The van der Waals surface area contributed by atoms with Gasteiger partial charge in [0.2, 0.25) is 23.5 Å². The van der Waals surface area contributed by atoms with Gasteiger partial charge in [0.05, 0.1) is 12.1 Å². The normalized spacial score (nSPS) is 23.8. The molecule has 2 aliphatic heterocycles. The van der Waals surface area contributed by atoms with Gasteiger partial charge in [0, 0.05) is 32.6 Å². The van der Waals surface area contributed by atoms with E-state index < -0.39 is 41.8 Å². The Kier molecular flexibility index (Phi) is 11.8. The maximum Gasteiger partial charge on any atom is 0.315 e. The van der Waals surface area contributed by atoms with Gasteiger partial charge in [0.1, 0.15) is 12.1 Å². The summed E-state index contributed by atoms with van der Waals surface area (Å²) in [6.07, 6.45) is 5.78. The molecule has 6 amide bonds. The molecule has 3 fully saturated rings. The molecule has 6 atom stereocenters. The number of carbonyl (C=O) groups is 6. The number of nitrogens with zero attached hydrogens (tertiary/aromatic N) is 2. The summed E-state index contributed by atoms with van der Waals surface area (Å²) in [5.41, 5.74) is 1.68. The molecule has 2 aliphatic carbocycles. The van der Waals surface area contributed by atoms with Crippen LogP contribution in [0.3, 0.4) is 0 Å². The summed E-state index contributed by atoms with van der Waals surface area (Å²) in [6, 6.07) is 4.32. The molecule has 4 N–H and O–H groups in total. The third-order valence-electron chi connectivity index (χ3n) is 11.9. The fourth-order valence-electron chi connectivity index (χ4n) is 8.58. The van der Waals surface area contributed by atoms with Gasteiger partial charge in [0.25, 0.3) is 5.91 Å². The lowest BCUT2D eigenvalue weighted by Gasteiger charge is -2.38. The molecular weight excluding hydrogens is 660 g/mol. The molecule has 12 heteroatoms. The highest BCUT2D eigenvalue weighted by atomic mass is 16.2. The minimum absolute atomic E-state index is 0.0750. The van der Waals surface area contributed by atoms with Crippen LogP contribution in [-0.2, 0) is 36.8 Å². The third-order valence-corrected chi connectivity index (χ3v) is 11.9. The standard InChI is InChI=1S/C40H58N6O6/c1-8-14-28(34(48)36(50)41-18-9-2)42-35(49)33-31-27(40(31,6)7)22-46(33)37(51)32(26-20-24-15-10-11-16-25(24)21-26)44-38(52)43-29(39(3,4)5)23-45-19-13-12-17-30(45)47/h9-11,15-16,26-29,31-33H,2,8,12-14,17-23H2,1,3-7H3,(H,41,50)(H,42,49)(H2,43,44,52)/t27-,28?,29-,31-,32-,33-/m0/s1. The Labute approximate surface area is 308 Å². The van der Waals surface area contributed by atoms with Crippen molar-refractivity contribution in [2.75, 3.05) is 26.2 Å². The number of nitrogens with one attached hydrogen (secondary N) is 4. The number of hydrogen-bond acceptors (Lipinski definition) is 6. The second-order valence-electron chi connectivity index (χ2n) is 16.8. The lowest BCUT2D eigenvalue weighted by atomic mass is 9.86. The first kappa shape index (κ1) is 39.0. The van der Waals surface area contributed by atoms with Gasteiger partial charge in [0.15, 0.2) is 0 Å². The van der Waals surface area contributed by atoms with Crippen molar-refractivity contribution in [2.45, 2.75) is 111 Å². The molecule has 52 heavy (non-hydrogen) atoms. The topological polar surface area (TPSA) is 157 Å².